The molecule has 1 N–H and O–H groups in total. The van der Waals surface area contributed by atoms with E-state index in [4.69, 9.17) is 4.74 Å². The zero-order valence-corrected chi connectivity index (χ0v) is 17.1. The molecule has 0 spiro atoms. The largest absolute Gasteiger partial charge is 0.483 e. The van der Waals surface area contributed by atoms with Crippen LogP contribution < -0.4 is 10.1 Å². The first kappa shape index (κ1) is 18.8. The van der Waals surface area contributed by atoms with Gasteiger partial charge in [-0.25, -0.2) is 0 Å². The van der Waals surface area contributed by atoms with Gasteiger partial charge < -0.3 is 9.30 Å². The third-order valence-electron chi connectivity index (χ3n) is 3.30. The van der Waals surface area contributed by atoms with Crippen molar-refractivity contribution >= 4 is 50.1 Å². The van der Waals surface area contributed by atoms with Crippen molar-refractivity contribution < 1.29 is 9.53 Å². The molecule has 136 valence electrons. The Morgan fingerprint density at radius 2 is 2.12 bits per heavy atom. The van der Waals surface area contributed by atoms with Crippen LogP contribution in [0.15, 0.2) is 39.4 Å². The number of nitrogens with zero attached hydrogens (tertiary/aromatic N) is 5. The van der Waals surface area contributed by atoms with Crippen LogP contribution in [0.2, 0.25) is 0 Å². The first-order chi connectivity index (χ1) is 12.5. The Kier molecular flexibility index (Phi) is 6.22. The standard InChI is InChI=1S/C15H15BrN6O2S2/c1-9(24-11-5-3-10(16)4-6-11)13-19-21-15(22(13)2)25-7-12(23)18-14-20-17-8-26-14/h3-6,8-9H,7H2,1-2H3,(H,18,20,23). The van der Waals surface area contributed by atoms with Gasteiger partial charge in [0, 0.05) is 11.5 Å². The van der Waals surface area contributed by atoms with Gasteiger partial charge in [-0.2, -0.15) is 0 Å². The van der Waals surface area contributed by atoms with E-state index in [1.165, 1.54) is 23.1 Å². The van der Waals surface area contributed by atoms with Gasteiger partial charge in [-0.05, 0) is 31.2 Å². The summed E-state index contributed by atoms with van der Waals surface area (Å²) in [7, 11) is 1.85. The third-order valence-corrected chi connectivity index (χ3v) is 5.45. The molecule has 0 aliphatic heterocycles. The lowest BCUT2D eigenvalue weighted by Crippen LogP contribution is -2.14. The highest BCUT2D eigenvalue weighted by molar-refractivity contribution is 9.10. The van der Waals surface area contributed by atoms with Crippen molar-refractivity contribution in [2.45, 2.75) is 18.2 Å². The lowest BCUT2D eigenvalue weighted by molar-refractivity contribution is -0.113. The predicted molar refractivity (Wildman–Crippen MR) is 103 cm³/mol. The molecule has 1 atom stereocenters. The van der Waals surface area contributed by atoms with E-state index < -0.39 is 0 Å². The maximum atomic E-state index is 11.9. The van der Waals surface area contributed by atoms with E-state index in [0.29, 0.717) is 16.1 Å². The van der Waals surface area contributed by atoms with Crippen molar-refractivity contribution in [1.29, 1.82) is 0 Å². The van der Waals surface area contributed by atoms with E-state index in [9.17, 15) is 4.79 Å². The van der Waals surface area contributed by atoms with Crippen LogP contribution in [0.25, 0.3) is 0 Å². The maximum absolute atomic E-state index is 11.9. The summed E-state index contributed by atoms with van der Waals surface area (Å²) in [4.78, 5) is 11.9. The zero-order valence-electron chi connectivity index (χ0n) is 13.9. The SMILES string of the molecule is CC(Oc1ccc(Br)cc1)c1nnc(SCC(=O)Nc2nncs2)n1C. The number of amides is 1. The van der Waals surface area contributed by atoms with Crippen molar-refractivity contribution in [1.82, 2.24) is 25.0 Å². The molecular weight excluding hydrogens is 440 g/mol. The number of benzene rings is 1. The molecule has 0 fully saturated rings. The van der Waals surface area contributed by atoms with Crippen molar-refractivity contribution in [3.63, 3.8) is 0 Å². The van der Waals surface area contributed by atoms with Crippen LogP contribution in [0.1, 0.15) is 18.9 Å². The second-order valence-corrected chi connectivity index (χ2v) is 7.89. The van der Waals surface area contributed by atoms with Crippen LogP contribution in [-0.4, -0.2) is 36.6 Å². The normalized spacial score (nSPS) is 12.0. The maximum Gasteiger partial charge on any atom is 0.236 e. The molecule has 3 rings (SSSR count). The summed E-state index contributed by atoms with van der Waals surface area (Å²) in [6.07, 6.45) is -0.279. The molecule has 0 aliphatic rings. The first-order valence-electron chi connectivity index (χ1n) is 7.53. The number of carbonyl (C=O) groups excluding carboxylic acids is 1. The Hall–Kier alpha value is -1.98. The Morgan fingerprint density at radius 1 is 1.35 bits per heavy atom. The minimum Gasteiger partial charge on any atom is -0.483 e. The molecule has 11 heteroatoms. The second kappa shape index (κ2) is 8.60. The van der Waals surface area contributed by atoms with Gasteiger partial charge in [0.05, 0.1) is 5.75 Å². The summed E-state index contributed by atoms with van der Waals surface area (Å²) in [5.41, 5.74) is 1.56. The minimum atomic E-state index is -0.279. The van der Waals surface area contributed by atoms with Crippen LogP contribution in [0.3, 0.4) is 0 Å². The molecule has 1 amide bonds. The van der Waals surface area contributed by atoms with E-state index in [-0.39, 0.29) is 17.8 Å². The average molecular weight is 455 g/mol. The zero-order chi connectivity index (χ0) is 18.5. The number of hydrogen-bond donors (Lipinski definition) is 1. The lowest BCUT2D eigenvalue weighted by atomic mass is 10.3. The van der Waals surface area contributed by atoms with Gasteiger partial charge in [0.15, 0.2) is 17.1 Å². The van der Waals surface area contributed by atoms with Crippen molar-refractivity contribution in [3.8, 4) is 5.75 Å². The highest BCUT2D eigenvalue weighted by Gasteiger charge is 2.18. The molecule has 0 radical (unpaired) electrons. The number of ether oxygens (including phenoxy) is 1. The van der Waals surface area contributed by atoms with E-state index in [0.717, 1.165) is 10.2 Å². The fraction of sp³-hybridized carbons (Fsp3) is 0.267. The van der Waals surface area contributed by atoms with Crippen LogP contribution in [0, 0.1) is 0 Å². The summed E-state index contributed by atoms with van der Waals surface area (Å²) >= 11 is 5.96. The van der Waals surface area contributed by atoms with E-state index in [1.54, 1.807) is 5.51 Å². The number of thioether (sulfide) groups is 1. The van der Waals surface area contributed by atoms with Crippen LogP contribution >= 0.6 is 39.0 Å². The Balaban J connectivity index is 1.58. The summed E-state index contributed by atoms with van der Waals surface area (Å²) < 4.78 is 8.71. The number of rotatable bonds is 7. The number of anilines is 1. The molecule has 8 nitrogen and oxygen atoms in total. The van der Waals surface area contributed by atoms with Crippen LogP contribution in [0.4, 0.5) is 5.13 Å². The molecule has 0 saturated heterocycles. The number of aromatic nitrogens is 5. The molecule has 3 aromatic rings. The molecule has 1 unspecified atom stereocenters. The quantitative estimate of drug-likeness (QED) is 0.547. The molecule has 1 aromatic carbocycles. The van der Waals surface area contributed by atoms with Gasteiger partial charge in [-0.15, -0.1) is 20.4 Å². The lowest BCUT2D eigenvalue weighted by Gasteiger charge is -2.14. The number of halogens is 1. The second-order valence-electron chi connectivity index (χ2n) is 5.19. The summed E-state index contributed by atoms with van der Waals surface area (Å²) in [6, 6.07) is 7.59. The summed E-state index contributed by atoms with van der Waals surface area (Å²) in [5.74, 6) is 1.46. The third kappa shape index (κ3) is 4.80. The van der Waals surface area contributed by atoms with E-state index >= 15 is 0 Å². The molecule has 0 saturated carbocycles. The monoisotopic (exact) mass is 454 g/mol. The topological polar surface area (TPSA) is 94.8 Å². The molecule has 2 heterocycles. The fourth-order valence-corrected chi connectivity index (χ4v) is 3.53. The molecule has 2 aromatic heterocycles. The smallest absolute Gasteiger partial charge is 0.236 e. The van der Waals surface area contributed by atoms with Gasteiger partial charge in [-0.1, -0.05) is 39.0 Å². The number of hydrogen-bond acceptors (Lipinski definition) is 8. The molecular formula is C15H15BrN6O2S2. The summed E-state index contributed by atoms with van der Waals surface area (Å²) in [6.45, 7) is 1.91. The number of carbonyl (C=O) groups is 1. The molecule has 0 bridgehead atoms. The highest BCUT2D eigenvalue weighted by Crippen LogP contribution is 2.24. The Morgan fingerprint density at radius 3 is 2.81 bits per heavy atom. The average Bonchev–Trinajstić information content (AvgIpc) is 3.25. The predicted octanol–water partition coefficient (Wildman–Crippen LogP) is 3.30. The molecule has 0 aliphatic carbocycles. The fourth-order valence-electron chi connectivity index (χ4n) is 2.09. The van der Waals surface area contributed by atoms with Gasteiger partial charge in [0.1, 0.15) is 11.3 Å². The Labute approximate surface area is 166 Å². The molecule has 26 heavy (non-hydrogen) atoms. The number of nitrogens with one attached hydrogen (secondary N) is 1. The van der Waals surface area contributed by atoms with Crippen LogP contribution in [0.5, 0.6) is 5.75 Å². The minimum absolute atomic E-state index is 0.171. The van der Waals surface area contributed by atoms with E-state index in [2.05, 4.69) is 41.6 Å². The highest BCUT2D eigenvalue weighted by atomic mass is 79.9. The Bertz CT molecular complexity index is 869. The first-order valence-corrected chi connectivity index (χ1v) is 10.2. The van der Waals surface area contributed by atoms with Crippen molar-refractivity contribution in [2.75, 3.05) is 11.1 Å². The van der Waals surface area contributed by atoms with Gasteiger partial charge in [0.2, 0.25) is 11.0 Å². The van der Waals surface area contributed by atoms with Gasteiger partial charge in [0.25, 0.3) is 0 Å². The van der Waals surface area contributed by atoms with Crippen molar-refractivity contribution in [2.24, 2.45) is 7.05 Å². The van der Waals surface area contributed by atoms with Gasteiger partial charge in [-0.3, -0.25) is 10.1 Å². The van der Waals surface area contributed by atoms with Crippen molar-refractivity contribution in [3.05, 3.63) is 40.1 Å². The summed E-state index contributed by atoms with van der Waals surface area (Å²) in [5, 5.41) is 19.6. The van der Waals surface area contributed by atoms with Crippen LogP contribution in [-0.2, 0) is 11.8 Å². The van der Waals surface area contributed by atoms with E-state index in [1.807, 2.05) is 42.8 Å². The van der Waals surface area contributed by atoms with Gasteiger partial charge >= 0.3 is 0 Å².